The van der Waals surface area contributed by atoms with Crippen molar-refractivity contribution in [2.45, 2.75) is 19.1 Å². The Morgan fingerprint density at radius 2 is 1.70 bits per heavy atom. The number of alkyl halides is 3. The van der Waals surface area contributed by atoms with Crippen LogP contribution >= 0.6 is 11.6 Å². The number of guanidine groups is 1. The van der Waals surface area contributed by atoms with E-state index in [1.54, 1.807) is 12.3 Å². The quantitative estimate of drug-likeness (QED) is 0.147. The Morgan fingerprint density at radius 1 is 0.932 bits per heavy atom. The maximum Gasteiger partial charge on any atom is 0.417 e. The number of pyridine rings is 1. The van der Waals surface area contributed by atoms with Crippen LogP contribution in [0.15, 0.2) is 90.2 Å². The predicted molar refractivity (Wildman–Crippen MR) is 163 cm³/mol. The molecule has 222 valence electrons. The molecule has 0 bridgehead atoms. The lowest BCUT2D eigenvalue weighted by atomic mass is 10.1. The van der Waals surface area contributed by atoms with Crippen molar-refractivity contribution < 1.29 is 13.2 Å². The molecule has 10 nitrogen and oxygen atoms in total. The van der Waals surface area contributed by atoms with Gasteiger partial charge in [-0.3, -0.25) is 0 Å². The molecule has 4 heterocycles. The lowest BCUT2D eigenvalue weighted by Gasteiger charge is -2.30. The lowest BCUT2D eigenvalue weighted by Crippen LogP contribution is -2.32. The number of hydrogen-bond acceptors (Lipinski definition) is 8. The molecule has 4 N–H and O–H groups in total. The molecular weight excluding hydrogens is 593 g/mol. The first-order chi connectivity index (χ1) is 21.2. The molecule has 0 atom stereocenters. The van der Waals surface area contributed by atoms with Crippen molar-refractivity contribution in [2.24, 2.45) is 10.7 Å². The summed E-state index contributed by atoms with van der Waals surface area (Å²) < 4.78 is 39.0. The van der Waals surface area contributed by atoms with E-state index in [9.17, 15) is 13.2 Å². The van der Waals surface area contributed by atoms with Gasteiger partial charge in [0.1, 0.15) is 5.82 Å². The molecule has 5 aromatic rings. The Balaban J connectivity index is 1.13. The molecule has 0 saturated heterocycles. The second kappa shape index (κ2) is 12.1. The van der Waals surface area contributed by atoms with E-state index < -0.39 is 11.7 Å². The monoisotopic (exact) mass is 616 g/mol. The van der Waals surface area contributed by atoms with Crippen molar-refractivity contribution >= 4 is 46.5 Å². The molecule has 0 amide bonds. The van der Waals surface area contributed by atoms with Gasteiger partial charge in [0.05, 0.1) is 33.3 Å². The van der Waals surface area contributed by atoms with Crippen molar-refractivity contribution in [1.82, 2.24) is 25.1 Å². The summed E-state index contributed by atoms with van der Waals surface area (Å²) in [6, 6.07) is 21.5. The zero-order valence-electron chi connectivity index (χ0n) is 22.9. The standard InChI is InChI=1S/C30H24ClF3N10/c31-21-14-20(30(32,33)34)16-36-27(21)44-13-12-22-19(17-44)15-37-29(39-22)40-25-9-5-4-8-24(25)38-28(35)41-26-11-10-23(42-43-26)18-6-2-1-3-7-18/h1-11,14-16H,12-13,17H2,(H,37,39,40)(H3,35,38,41,43). The average molecular weight is 617 g/mol. The number of fused-ring (bicyclic) bond motifs is 1. The first kappa shape index (κ1) is 28.8. The minimum Gasteiger partial charge on any atom is -0.369 e. The highest BCUT2D eigenvalue weighted by Crippen LogP contribution is 2.35. The topological polar surface area (TPSA) is 130 Å². The highest BCUT2D eigenvalue weighted by molar-refractivity contribution is 6.33. The van der Waals surface area contributed by atoms with E-state index in [-0.39, 0.29) is 16.8 Å². The SMILES string of the molecule is NC(=Nc1ccc(-c2ccccc2)nn1)Nc1ccccc1Nc1ncc2c(n1)CCN(c1ncc(C(F)(F)F)cc1Cl)C2. The number of nitrogens with zero attached hydrogens (tertiary/aromatic N) is 7. The summed E-state index contributed by atoms with van der Waals surface area (Å²) in [5, 5.41) is 14.6. The van der Waals surface area contributed by atoms with Crippen molar-refractivity contribution in [3.8, 4) is 11.3 Å². The Morgan fingerprint density at radius 3 is 2.43 bits per heavy atom. The maximum absolute atomic E-state index is 13.0. The van der Waals surface area contributed by atoms with E-state index in [0.717, 1.165) is 34.8 Å². The van der Waals surface area contributed by atoms with Gasteiger partial charge < -0.3 is 21.3 Å². The summed E-state index contributed by atoms with van der Waals surface area (Å²) in [6.07, 6.45) is -1.52. The van der Waals surface area contributed by atoms with Crippen LogP contribution in [0.2, 0.25) is 5.02 Å². The molecule has 2 aromatic carbocycles. The first-order valence-electron chi connectivity index (χ1n) is 13.4. The molecule has 1 aliphatic rings. The van der Waals surface area contributed by atoms with Crippen molar-refractivity contribution in [3.05, 3.63) is 107 Å². The molecule has 0 spiro atoms. The molecule has 14 heteroatoms. The van der Waals surface area contributed by atoms with E-state index >= 15 is 0 Å². The van der Waals surface area contributed by atoms with E-state index in [4.69, 9.17) is 17.3 Å². The average Bonchev–Trinajstić information content (AvgIpc) is 3.02. The van der Waals surface area contributed by atoms with Crippen LogP contribution in [-0.4, -0.2) is 37.7 Å². The zero-order valence-corrected chi connectivity index (χ0v) is 23.7. The van der Waals surface area contributed by atoms with Gasteiger partial charge in [-0.25, -0.2) is 15.0 Å². The van der Waals surface area contributed by atoms with Gasteiger partial charge in [0.25, 0.3) is 0 Å². The van der Waals surface area contributed by atoms with Gasteiger partial charge >= 0.3 is 6.18 Å². The Hall–Kier alpha value is -5.30. The third kappa shape index (κ3) is 6.52. The number of anilines is 4. The van der Waals surface area contributed by atoms with Gasteiger partial charge in [-0.1, -0.05) is 54.1 Å². The highest BCUT2D eigenvalue weighted by Gasteiger charge is 2.32. The molecule has 0 aliphatic carbocycles. The smallest absolute Gasteiger partial charge is 0.369 e. The zero-order chi connectivity index (χ0) is 30.7. The molecule has 1 aliphatic heterocycles. The number of nitrogens with two attached hydrogens (primary N) is 1. The molecule has 0 fully saturated rings. The third-order valence-electron chi connectivity index (χ3n) is 6.77. The van der Waals surface area contributed by atoms with Gasteiger partial charge in [0.2, 0.25) is 5.95 Å². The second-order valence-corrected chi connectivity index (χ2v) is 10.2. The van der Waals surface area contributed by atoms with Crippen LogP contribution in [-0.2, 0) is 19.1 Å². The summed E-state index contributed by atoms with van der Waals surface area (Å²) in [6.45, 7) is 0.829. The van der Waals surface area contributed by atoms with Gasteiger partial charge in [0.15, 0.2) is 11.8 Å². The summed E-state index contributed by atoms with van der Waals surface area (Å²) in [7, 11) is 0. The number of nitrogens with one attached hydrogen (secondary N) is 2. The fraction of sp³-hybridized carbons (Fsp3) is 0.133. The van der Waals surface area contributed by atoms with E-state index in [1.165, 1.54) is 0 Å². The molecule has 6 rings (SSSR count). The van der Waals surface area contributed by atoms with Crippen LogP contribution in [0.3, 0.4) is 0 Å². The third-order valence-corrected chi connectivity index (χ3v) is 7.05. The fourth-order valence-corrected chi connectivity index (χ4v) is 4.92. The molecule has 0 unspecified atom stereocenters. The molecule has 0 saturated carbocycles. The number of halogens is 4. The fourth-order valence-electron chi connectivity index (χ4n) is 4.63. The van der Waals surface area contributed by atoms with E-state index in [0.29, 0.717) is 42.7 Å². The molecule has 44 heavy (non-hydrogen) atoms. The number of benzene rings is 2. The van der Waals surface area contributed by atoms with Crippen molar-refractivity contribution in [2.75, 3.05) is 22.1 Å². The van der Waals surface area contributed by atoms with Crippen LogP contribution in [0, 0.1) is 0 Å². The minimum atomic E-state index is -4.52. The Labute approximate surface area is 254 Å². The predicted octanol–water partition coefficient (Wildman–Crippen LogP) is 6.37. The van der Waals surface area contributed by atoms with Crippen LogP contribution in [0.5, 0.6) is 0 Å². The van der Waals surface area contributed by atoms with Gasteiger partial charge in [-0.15, -0.1) is 10.2 Å². The maximum atomic E-state index is 13.0. The molecule has 3 aromatic heterocycles. The summed E-state index contributed by atoms with van der Waals surface area (Å²) in [4.78, 5) is 19.2. The number of aromatic nitrogens is 5. The van der Waals surface area contributed by atoms with Crippen molar-refractivity contribution in [1.29, 1.82) is 0 Å². The van der Waals surface area contributed by atoms with Gasteiger partial charge in [0, 0.05) is 43.0 Å². The normalized spacial score (nSPS) is 13.4. The number of para-hydroxylation sites is 2. The highest BCUT2D eigenvalue weighted by atomic mass is 35.5. The Kier molecular flexibility index (Phi) is 7.94. The van der Waals surface area contributed by atoms with Gasteiger partial charge in [-0.05, 0) is 30.3 Å². The molecular formula is C30H24ClF3N10. The van der Waals surface area contributed by atoms with Crippen molar-refractivity contribution in [3.63, 3.8) is 0 Å². The summed E-state index contributed by atoms with van der Waals surface area (Å²) >= 11 is 6.16. The largest absolute Gasteiger partial charge is 0.417 e. The van der Waals surface area contributed by atoms with Crippen LogP contribution in [0.4, 0.5) is 42.1 Å². The van der Waals surface area contributed by atoms with Crippen LogP contribution < -0.4 is 21.3 Å². The second-order valence-electron chi connectivity index (χ2n) is 9.80. The van der Waals surface area contributed by atoms with Gasteiger partial charge in [-0.2, -0.15) is 18.2 Å². The summed E-state index contributed by atoms with van der Waals surface area (Å²) in [5.74, 6) is 1.11. The van der Waals surface area contributed by atoms with E-state index in [1.807, 2.05) is 65.6 Å². The Bertz CT molecular complexity index is 1820. The number of rotatable bonds is 6. The summed E-state index contributed by atoms with van der Waals surface area (Å²) in [5.41, 5.74) is 9.89. The van der Waals surface area contributed by atoms with E-state index in [2.05, 4.69) is 40.8 Å². The molecule has 0 radical (unpaired) electrons. The lowest BCUT2D eigenvalue weighted by molar-refractivity contribution is -0.137. The first-order valence-corrected chi connectivity index (χ1v) is 13.8. The number of hydrogen-bond donors (Lipinski definition) is 3. The number of aliphatic imine (C=N–C) groups is 1. The van der Waals surface area contributed by atoms with Crippen LogP contribution in [0.25, 0.3) is 11.3 Å². The minimum absolute atomic E-state index is 0.0642. The van der Waals surface area contributed by atoms with Crippen LogP contribution in [0.1, 0.15) is 16.8 Å².